The lowest BCUT2D eigenvalue weighted by atomic mass is 9.98. The minimum absolute atomic E-state index is 0.0617. The fourth-order valence-electron chi connectivity index (χ4n) is 4.16. The highest BCUT2D eigenvalue weighted by Crippen LogP contribution is 2.35. The monoisotopic (exact) mass is 375 g/mol. The van der Waals surface area contributed by atoms with Crippen LogP contribution < -0.4 is 10.6 Å². The molecule has 2 saturated heterocycles. The molecule has 0 bridgehead atoms. The molecule has 1 spiro atoms. The van der Waals surface area contributed by atoms with Crippen LogP contribution >= 0.6 is 0 Å². The zero-order valence-electron chi connectivity index (χ0n) is 15.3. The van der Waals surface area contributed by atoms with Crippen molar-refractivity contribution in [2.45, 2.75) is 63.1 Å². The number of anilines is 1. The van der Waals surface area contributed by atoms with Crippen molar-refractivity contribution in [1.29, 1.82) is 0 Å². The summed E-state index contributed by atoms with van der Waals surface area (Å²) in [4.78, 5) is 38.1. The largest absolute Gasteiger partial charge is 0.376 e. The molecule has 9 heteroatoms. The molecule has 27 heavy (non-hydrogen) atoms. The molecule has 3 heterocycles. The molecule has 3 fully saturated rings. The van der Waals surface area contributed by atoms with Gasteiger partial charge in [0.2, 0.25) is 5.91 Å². The van der Waals surface area contributed by atoms with E-state index in [9.17, 15) is 14.4 Å². The maximum atomic E-state index is 12.6. The third kappa shape index (κ3) is 3.69. The third-order valence-corrected chi connectivity index (χ3v) is 5.60. The molecule has 2 N–H and O–H groups in total. The van der Waals surface area contributed by atoms with E-state index in [4.69, 9.17) is 4.74 Å². The van der Waals surface area contributed by atoms with Crippen molar-refractivity contribution in [2.75, 3.05) is 18.5 Å². The molecule has 2 aliphatic heterocycles. The summed E-state index contributed by atoms with van der Waals surface area (Å²) in [6.07, 6.45) is 8.94. The smallest absolute Gasteiger partial charge is 0.325 e. The van der Waals surface area contributed by atoms with Gasteiger partial charge in [0.25, 0.3) is 5.91 Å². The third-order valence-electron chi connectivity index (χ3n) is 5.60. The number of amides is 4. The Kier molecular flexibility index (Phi) is 4.86. The van der Waals surface area contributed by atoms with Crippen LogP contribution in [0.2, 0.25) is 0 Å². The van der Waals surface area contributed by atoms with Crippen LogP contribution in [0.1, 0.15) is 44.9 Å². The van der Waals surface area contributed by atoms with E-state index in [1.807, 2.05) is 0 Å². The molecule has 146 valence electrons. The summed E-state index contributed by atoms with van der Waals surface area (Å²) in [5.74, 6) is -0.443. The van der Waals surface area contributed by atoms with Crippen LogP contribution in [0.3, 0.4) is 0 Å². The molecule has 0 radical (unpaired) electrons. The number of nitrogens with one attached hydrogen (secondary N) is 2. The molecule has 3 aliphatic rings. The molecule has 9 nitrogen and oxygen atoms in total. The Morgan fingerprint density at radius 3 is 2.89 bits per heavy atom. The van der Waals surface area contributed by atoms with Crippen molar-refractivity contribution < 1.29 is 19.1 Å². The summed E-state index contributed by atoms with van der Waals surface area (Å²) in [6.45, 7) is 1.54. The average molecular weight is 375 g/mol. The highest BCUT2D eigenvalue weighted by molar-refractivity contribution is 6.07. The van der Waals surface area contributed by atoms with Gasteiger partial charge in [-0.25, -0.2) is 4.79 Å². The Balaban J connectivity index is 1.27. The molecule has 1 aromatic rings. The van der Waals surface area contributed by atoms with Crippen LogP contribution in [0.25, 0.3) is 0 Å². The Bertz CT molecular complexity index is 734. The number of carbonyl (C=O) groups excluding carboxylic acids is 3. The average Bonchev–Trinajstić information content (AvgIpc) is 3.40. The summed E-state index contributed by atoms with van der Waals surface area (Å²) in [5.41, 5.74) is -0.126. The molecule has 1 atom stereocenters. The molecule has 1 aliphatic carbocycles. The highest BCUT2D eigenvalue weighted by Gasteiger charge is 2.52. The van der Waals surface area contributed by atoms with Crippen LogP contribution in [-0.4, -0.2) is 57.3 Å². The van der Waals surface area contributed by atoms with Gasteiger partial charge >= 0.3 is 6.03 Å². The van der Waals surface area contributed by atoms with Gasteiger partial charge in [-0.1, -0.05) is 12.8 Å². The van der Waals surface area contributed by atoms with Gasteiger partial charge in [0.05, 0.1) is 24.5 Å². The van der Waals surface area contributed by atoms with Gasteiger partial charge in [-0.3, -0.25) is 19.2 Å². The van der Waals surface area contributed by atoms with E-state index in [1.54, 1.807) is 17.1 Å². The summed E-state index contributed by atoms with van der Waals surface area (Å²) in [5, 5.41) is 9.83. The predicted octanol–water partition coefficient (Wildman–Crippen LogP) is 1.26. The van der Waals surface area contributed by atoms with E-state index in [0.717, 1.165) is 32.3 Å². The molecule has 4 rings (SSSR count). The minimum Gasteiger partial charge on any atom is -0.376 e. The zero-order chi connectivity index (χ0) is 18.9. The maximum Gasteiger partial charge on any atom is 0.325 e. The van der Waals surface area contributed by atoms with Gasteiger partial charge in [-0.05, 0) is 25.7 Å². The number of imide groups is 1. The maximum absolute atomic E-state index is 12.6. The normalized spacial score (nSPS) is 24.0. The lowest BCUT2D eigenvalue weighted by Crippen LogP contribution is -2.44. The fourth-order valence-corrected chi connectivity index (χ4v) is 4.16. The minimum atomic E-state index is -0.725. The predicted molar refractivity (Wildman–Crippen MR) is 95.9 cm³/mol. The van der Waals surface area contributed by atoms with Gasteiger partial charge in [0.15, 0.2) is 0 Å². The van der Waals surface area contributed by atoms with Crippen molar-refractivity contribution in [1.82, 2.24) is 20.0 Å². The van der Waals surface area contributed by atoms with Crippen LogP contribution in [-0.2, 0) is 20.9 Å². The first kappa shape index (κ1) is 18.0. The molecule has 1 saturated carbocycles. The molecule has 1 aromatic heterocycles. The molecule has 0 aromatic carbocycles. The second-order valence-corrected chi connectivity index (χ2v) is 7.56. The summed E-state index contributed by atoms with van der Waals surface area (Å²) in [7, 11) is 0. The zero-order valence-corrected chi connectivity index (χ0v) is 15.3. The number of hydrogen-bond acceptors (Lipinski definition) is 5. The summed E-state index contributed by atoms with van der Waals surface area (Å²) in [6, 6.07) is -0.390. The van der Waals surface area contributed by atoms with E-state index < -0.39 is 5.54 Å². The molecule has 1 unspecified atom stereocenters. The first-order valence-corrected chi connectivity index (χ1v) is 9.64. The van der Waals surface area contributed by atoms with Crippen molar-refractivity contribution in [3.63, 3.8) is 0 Å². The number of ether oxygens (including phenoxy) is 1. The molecule has 4 amide bonds. The highest BCUT2D eigenvalue weighted by atomic mass is 16.5. The Labute approximate surface area is 157 Å². The number of aromatic nitrogens is 2. The molecular weight excluding hydrogens is 350 g/mol. The lowest BCUT2D eigenvalue weighted by molar-refractivity contribution is -0.131. The number of urea groups is 1. The van der Waals surface area contributed by atoms with Gasteiger partial charge in [0, 0.05) is 25.8 Å². The standard InChI is InChI=1S/C18H25N5O4/c24-15(20-13-10-19-22(11-13)12-14-4-3-9-27-14)5-8-23-16(25)18(21-17(23)26)6-1-2-7-18/h10-11,14H,1-9,12H2,(H,20,24)(H,21,26). The van der Waals surface area contributed by atoms with Gasteiger partial charge < -0.3 is 15.4 Å². The first-order valence-electron chi connectivity index (χ1n) is 9.64. The first-order chi connectivity index (χ1) is 13.1. The second-order valence-electron chi connectivity index (χ2n) is 7.56. The summed E-state index contributed by atoms with van der Waals surface area (Å²) < 4.78 is 7.34. The van der Waals surface area contributed by atoms with E-state index >= 15 is 0 Å². The molecular formula is C18H25N5O4. The van der Waals surface area contributed by atoms with Crippen molar-refractivity contribution >= 4 is 23.5 Å². The fraction of sp³-hybridized carbons (Fsp3) is 0.667. The number of carbonyl (C=O) groups is 3. The van der Waals surface area contributed by atoms with Gasteiger partial charge in [-0.15, -0.1) is 0 Å². The van der Waals surface area contributed by atoms with E-state index in [-0.39, 0.29) is 36.9 Å². The topological polar surface area (TPSA) is 106 Å². The Hall–Kier alpha value is -2.42. The SMILES string of the molecule is O=C(CCN1C(=O)NC2(CCCC2)C1=O)Nc1cnn(CC2CCCO2)c1. The number of nitrogens with zero attached hydrogens (tertiary/aromatic N) is 3. The number of hydrogen-bond donors (Lipinski definition) is 2. The van der Waals surface area contributed by atoms with Crippen LogP contribution in [0.5, 0.6) is 0 Å². The van der Waals surface area contributed by atoms with Crippen LogP contribution in [0.4, 0.5) is 10.5 Å². The van der Waals surface area contributed by atoms with E-state index in [1.165, 1.54) is 4.90 Å². The number of rotatable bonds is 6. The van der Waals surface area contributed by atoms with Gasteiger partial charge in [0.1, 0.15) is 5.54 Å². The van der Waals surface area contributed by atoms with Crippen LogP contribution in [0.15, 0.2) is 12.4 Å². The Morgan fingerprint density at radius 1 is 1.33 bits per heavy atom. The van der Waals surface area contributed by atoms with E-state index in [0.29, 0.717) is 25.1 Å². The Morgan fingerprint density at radius 2 is 2.15 bits per heavy atom. The van der Waals surface area contributed by atoms with Crippen LogP contribution in [0, 0.1) is 0 Å². The van der Waals surface area contributed by atoms with Crippen molar-refractivity contribution in [2.24, 2.45) is 0 Å². The lowest BCUT2D eigenvalue weighted by Gasteiger charge is -2.19. The van der Waals surface area contributed by atoms with Crippen molar-refractivity contribution in [3.05, 3.63) is 12.4 Å². The van der Waals surface area contributed by atoms with Crippen molar-refractivity contribution in [3.8, 4) is 0 Å². The second kappa shape index (κ2) is 7.30. The quantitative estimate of drug-likeness (QED) is 0.728. The summed E-state index contributed by atoms with van der Waals surface area (Å²) >= 11 is 0. The van der Waals surface area contributed by atoms with Gasteiger partial charge in [-0.2, -0.15) is 5.10 Å². The van der Waals surface area contributed by atoms with E-state index in [2.05, 4.69) is 15.7 Å².